The van der Waals surface area contributed by atoms with Crippen LogP contribution in [0.3, 0.4) is 0 Å². The number of hydrogen-bond donors (Lipinski definition) is 1. The number of carbonyl (C=O) groups excluding carboxylic acids is 1. The van der Waals surface area contributed by atoms with Crippen LogP contribution in [0.25, 0.3) is 0 Å². The monoisotopic (exact) mass is 239 g/mol. The van der Waals surface area contributed by atoms with Crippen LogP contribution in [0.2, 0.25) is 0 Å². The SMILES string of the molecule is CC(C)NC(=O)C(Cl)CCc1ccccc1. The molecule has 1 amide bonds. The number of halogens is 1. The lowest BCUT2D eigenvalue weighted by Gasteiger charge is -2.12. The van der Waals surface area contributed by atoms with Gasteiger partial charge < -0.3 is 5.32 Å². The molecular weight excluding hydrogens is 222 g/mol. The Hall–Kier alpha value is -1.02. The first-order chi connectivity index (χ1) is 7.59. The van der Waals surface area contributed by atoms with E-state index >= 15 is 0 Å². The lowest BCUT2D eigenvalue weighted by molar-refractivity contribution is -0.121. The summed E-state index contributed by atoms with van der Waals surface area (Å²) in [6.45, 7) is 3.86. The Balaban J connectivity index is 2.35. The van der Waals surface area contributed by atoms with E-state index in [1.807, 2.05) is 44.2 Å². The predicted octanol–water partition coefficient (Wildman–Crippen LogP) is 2.75. The van der Waals surface area contributed by atoms with Gasteiger partial charge in [-0.15, -0.1) is 11.6 Å². The molecule has 1 aromatic carbocycles. The molecule has 88 valence electrons. The second-order valence-corrected chi connectivity index (χ2v) is 4.68. The molecular formula is C13H18ClNO. The Bertz CT molecular complexity index is 324. The van der Waals surface area contributed by atoms with Crippen molar-refractivity contribution >= 4 is 17.5 Å². The van der Waals surface area contributed by atoms with Gasteiger partial charge in [0.15, 0.2) is 0 Å². The van der Waals surface area contributed by atoms with Gasteiger partial charge in [-0.2, -0.15) is 0 Å². The molecule has 0 saturated heterocycles. The van der Waals surface area contributed by atoms with Crippen LogP contribution in [0.1, 0.15) is 25.8 Å². The molecule has 0 aliphatic rings. The number of alkyl halides is 1. The maximum atomic E-state index is 11.5. The van der Waals surface area contributed by atoms with Crippen molar-refractivity contribution in [2.45, 2.75) is 38.1 Å². The first kappa shape index (κ1) is 13.0. The molecule has 0 aromatic heterocycles. The Morgan fingerprint density at radius 1 is 1.31 bits per heavy atom. The fourth-order valence-electron chi connectivity index (χ4n) is 1.44. The number of carbonyl (C=O) groups is 1. The average Bonchev–Trinajstić information content (AvgIpc) is 2.26. The first-order valence-electron chi connectivity index (χ1n) is 5.58. The predicted molar refractivity (Wildman–Crippen MR) is 67.7 cm³/mol. The number of rotatable bonds is 5. The van der Waals surface area contributed by atoms with Gasteiger partial charge in [0.25, 0.3) is 0 Å². The van der Waals surface area contributed by atoms with E-state index in [0.29, 0.717) is 6.42 Å². The van der Waals surface area contributed by atoms with Crippen molar-refractivity contribution in [3.63, 3.8) is 0 Å². The number of amides is 1. The molecule has 1 unspecified atom stereocenters. The van der Waals surface area contributed by atoms with E-state index in [-0.39, 0.29) is 11.9 Å². The van der Waals surface area contributed by atoms with Gasteiger partial charge >= 0.3 is 0 Å². The van der Waals surface area contributed by atoms with Gasteiger partial charge in [0.2, 0.25) is 5.91 Å². The van der Waals surface area contributed by atoms with Crippen molar-refractivity contribution in [3.05, 3.63) is 35.9 Å². The molecule has 0 aliphatic heterocycles. The maximum absolute atomic E-state index is 11.5. The van der Waals surface area contributed by atoms with E-state index in [1.165, 1.54) is 5.56 Å². The van der Waals surface area contributed by atoms with Gasteiger partial charge in [-0.3, -0.25) is 4.79 Å². The molecule has 0 fully saturated rings. The van der Waals surface area contributed by atoms with Gasteiger partial charge in [0.05, 0.1) is 0 Å². The maximum Gasteiger partial charge on any atom is 0.238 e. The molecule has 0 spiro atoms. The second-order valence-electron chi connectivity index (χ2n) is 4.16. The van der Waals surface area contributed by atoms with Crippen LogP contribution in [0, 0.1) is 0 Å². The van der Waals surface area contributed by atoms with E-state index in [2.05, 4.69) is 5.32 Å². The van der Waals surface area contributed by atoms with Crippen molar-refractivity contribution in [1.82, 2.24) is 5.32 Å². The van der Waals surface area contributed by atoms with E-state index in [4.69, 9.17) is 11.6 Å². The molecule has 0 heterocycles. The normalized spacial score (nSPS) is 12.5. The Kier molecular flexibility index (Phi) is 5.33. The topological polar surface area (TPSA) is 29.1 Å². The molecule has 1 atom stereocenters. The Morgan fingerprint density at radius 3 is 2.50 bits per heavy atom. The van der Waals surface area contributed by atoms with Crippen molar-refractivity contribution in [2.24, 2.45) is 0 Å². The summed E-state index contributed by atoms with van der Waals surface area (Å²) in [4.78, 5) is 11.5. The highest BCUT2D eigenvalue weighted by Gasteiger charge is 2.15. The third-order valence-corrected chi connectivity index (χ3v) is 2.66. The molecule has 0 saturated carbocycles. The van der Waals surface area contributed by atoms with Crippen LogP contribution < -0.4 is 5.32 Å². The van der Waals surface area contributed by atoms with Gasteiger partial charge in [-0.05, 0) is 32.3 Å². The van der Waals surface area contributed by atoms with Gasteiger partial charge in [-0.1, -0.05) is 30.3 Å². The van der Waals surface area contributed by atoms with Crippen molar-refractivity contribution in [1.29, 1.82) is 0 Å². The minimum atomic E-state index is -0.442. The number of hydrogen-bond acceptors (Lipinski definition) is 1. The summed E-state index contributed by atoms with van der Waals surface area (Å²) in [5.41, 5.74) is 1.21. The Morgan fingerprint density at radius 2 is 1.94 bits per heavy atom. The molecule has 3 heteroatoms. The third kappa shape index (κ3) is 4.67. The summed E-state index contributed by atoms with van der Waals surface area (Å²) in [6.07, 6.45) is 1.50. The molecule has 0 aliphatic carbocycles. The summed E-state index contributed by atoms with van der Waals surface area (Å²) in [7, 11) is 0. The smallest absolute Gasteiger partial charge is 0.238 e. The highest BCUT2D eigenvalue weighted by Crippen LogP contribution is 2.09. The molecule has 0 radical (unpaired) electrons. The second kappa shape index (κ2) is 6.54. The Labute approximate surface area is 102 Å². The largest absolute Gasteiger partial charge is 0.353 e. The standard InChI is InChI=1S/C13H18ClNO/c1-10(2)15-13(16)12(14)9-8-11-6-4-3-5-7-11/h3-7,10,12H,8-9H2,1-2H3,(H,15,16). The van der Waals surface area contributed by atoms with Crippen LogP contribution in [-0.4, -0.2) is 17.3 Å². The molecule has 0 bridgehead atoms. The number of aryl methyl sites for hydroxylation is 1. The summed E-state index contributed by atoms with van der Waals surface area (Å²) in [5.74, 6) is -0.0763. The minimum absolute atomic E-state index is 0.0763. The van der Waals surface area contributed by atoms with E-state index < -0.39 is 5.38 Å². The van der Waals surface area contributed by atoms with Gasteiger partial charge in [0, 0.05) is 6.04 Å². The lowest BCUT2D eigenvalue weighted by Crippen LogP contribution is -2.36. The van der Waals surface area contributed by atoms with E-state index in [0.717, 1.165) is 6.42 Å². The van der Waals surface area contributed by atoms with Crippen molar-refractivity contribution in [3.8, 4) is 0 Å². The van der Waals surface area contributed by atoms with Crippen LogP contribution in [0.15, 0.2) is 30.3 Å². The molecule has 2 nitrogen and oxygen atoms in total. The molecule has 16 heavy (non-hydrogen) atoms. The minimum Gasteiger partial charge on any atom is -0.353 e. The molecule has 1 aromatic rings. The summed E-state index contributed by atoms with van der Waals surface area (Å²) >= 11 is 6.01. The number of nitrogens with one attached hydrogen (secondary N) is 1. The van der Waals surface area contributed by atoms with Crippen LogP contribution in [-0.2, 0) is 11.2 Å². The van der Waals surface area contributed by atoms with Crippen LogP contribution >= 0.6 is 11.6 Å². The summed E-state index contributed by atoms with van der Waals surface area (Å²) in [5, 5.41) is 2.37. The summed E-state index contributed by atoms with van der Waals surface area (Å²) < 4.78 is 0. The molecule has 1 rings (SSSR count). The highest BCUT2D eigenvalue weighted by atomic mass is 35.5. The zero-order valence-electron chi connectivity index (χ0n) is 9.74. The third-order valence-electron chi connectivity index (χ3n) is 2.24. The zero-order valence-corrected chi connectivity index (χ0v) is 10.5. The molecule has 1 N–H and O–H groups in total. The fourth-order valence-corrected chi connectivity index (χ4v) is 1.62. The first-order valence-corrected chi connectivity index (χ1v) is 6.01. The van der Waals surface area contributed by atoms with Gasteiger partial charge in [-0.25, -0.2) is 0 Å². The number of benzene rings is 1. The van der Waals surface area contributed by atoms with Crippen molar-refractivity contribution < 1.29 is 4.79 Å². The van der Waals surface area contributed by atoms with E-state index in [1.54, 1.807) is 0 Å². The van der Waals surface area contributed by atoms with Crippen LogP contribution in [0.5, 0.6) is 0 Å². The fraction of sp³-hybridized carbons (Fsp3) is 0.462. The van der Waals surface area contributed by atoms with Gasteiger partial charge in [0.1, 0.15) is 5.38 Å². The average molecular weight is 240 g/mol. The zero-order chi connectivity index (χ0) is 12.0. The van der Waals surface area contributed by atoms with Crippen molar-refractivity contribution in [2.75, 3.05) is 0 Å². The highest BCUT2D eigenvalue weighted by molar-refractivity contribution is 6.30. The van der Waals surface area contributed by atoms with Crippen LogP contribution in [0.4, 0.5) is 0 Å². The summed E-state index contributed by atoms with van der Waals surface area (Å²) in [6, 6.07) is 10.2. The van der Waals surface area contributed by atoms with E-state index in [9.17, 15) is 4.79 Å². The lowest BCUT2D eigenvalue weighted by atomic mass is 10.1. The quantitative estimate of drug-likeness (QED) is 0.787.